The predicted octanol–water partition coefficient (Wildman–Crippen LogP) is 3.74. The summed E-state index contributed by atoms with van der Waals surface area (Å²) in [5.74, 6) is 1.09. The van der Waals surface area contributed by atoms with Gasteiger partial charge in [-0.25, -0.2) is 14.2 Å². The number of rotatable bonds is 7. The van der Waals surface area contributed by atoms with E-state index in [4.69, 9.17) is 9.15 Å². The molecule has 28 heavy (non-hydrogen) atoms. The molecule has 0 amide bonds. The Balaban J connectivity index is 0.00000392. The highest BCUT2D eigenvalue weighted by Gasteiger charge is 2.15. The van der Waals surface area contributed by atoms with Gasteiger partial charge in [0, 0.05) is 13.1 Å². The lowest BCUT2D eigenvalue weighted by Gasteiger charge is -2.12. The number of halogens is 2. The van der Waals surface area contributed by atoms with Crippen LogP contribution in [0.1, 0.15) is 39.9 Å². The van der Waals surface area contributed by atoms with Crippen molar-refractivity contribution < 1.29 is 18.3 Å². The van der Waals surface area contributed by atoms with E-state index in [1.165, 1.54) is 19.2 Å². The SMILES string of the molecule is CCNC(=NCc1cc(C(=O)OC)c(C)o1)NCCc1ccc(F)cc1C.I. The molecule has 0 fully saturated rings. The van der Waals surface area contributed by atoms with E-state index in [9.17, 15) is 9.18 Å². The molecule has 6 nitrogen and oxygen atoms in total. The predicted molar refractivity (Wildman–Crippen MR) is 118 cm³/mol. The summed E-state index contributed by atoms with van der Waals surface area (Å²) in [6.07, 6.45) is 0.753. The highest BCUT2D eigenvalue weighted by Crippen LogP contribution is 2.16. The fourth-order valence-corrected chi connectivity index (χ4v) is 2.69. The number of hydrogen-bond donors (Lipinski definition) is 2. The molecule has 0 radical (unpaired) electrons. The Hall–Kier alpha value is -2.10. The van der Waals surface area contributed by atoms with Crippen LogP contribution in [0.3, 0.4) is 0 Å². The number of carbonyl (C=O) groups excluding carboxylic acids is 1. The lowest BCUT2D eigenvalue weighted by atomic mass is 10.1. The maximum Gasteiger partial charge on any atom is 0.341 e. The van der Waals surface area contributed by atoms with Crippen molar-refractivity contribution in [1.82, 2.24) is 10.6 Å². The van der Waals surface area contributed by atoms with Crippen molar-refractivity contribution in [3.8, 4) is 0 Å². The number of aryl methyl sites for hydroxylation is 2. The molecule has 154 valence electrons. The molecule has 0 saturated heterocycles. The van der Waals surface area contributed by atoms with Crippen LogP contribution in [0.4, 0.5) is 4.39 Å². The van der Waals surface area contributed by atoms with Gasteiger partial charge in [0.25, 0.3) is 0 Å². The van der Waals surface area contributed by atoms with E-state index in [0.717, 1.165) is 17.5 Å². The molecule has 0 unspecified atom stereocenters. The van der Waals surface area contributed by atoms with Crippen molar-refractivity contribution in [2.75, 3.05) is 20.2 Å². The summed E-state index contributed by atoms with van der Waals surface area (Å²) in [5.41, 5.74) is 2.43. The van der Waals surface area contributed by atoms with E-state index in [1.807, 2.05) is 13.8 Å². The third-order valence-corrected chi connectivity index (χ3v) is 4.10. The molecule has 1 aromatic heterocycles. The Morgan fingerprint density at radius 2 is 2.00 bits per heavy atom. The summed E-state index contributed by atoms with van der Waals surface area (Å²) in [5, 5.41) is 6.41. The molecule has 0 atom stereocenters. The number of carbonyl (C=O) groups is 1. The third kappa shape index (κ3) is 6.81. The Kier molecular flexibility index (Phi) is 9.98. The molecule has 1 aromatic carbocycles. The Morgan fingerprint density at radius 1 is 1.25 bits per heavy atom. The molecule has 0 aliphatic carbocycles. The number of hydrogen-bond acceptors (Lipinski definition) is 4. The summed E-state index contributed by atoms with van der Waals surface area (Å²) in [4.78, 5) is 16.1. The summed E-state index contributed by atoms with van der Waals surface area (Å²) in [7, 11) is 1.34. The molecule has 0 aliphatic heterocycles. The van der Waals surface area contributed by atoms with Crippen molar-refractivity contribution >= 4 is 35.9 Å². The first-order valence-corrected chi connectivity index (χ1v) is 8.89. The van der Waals surface area contributed by atoms with E-state index < -0.39 is 5.97 Å². The van der Waals surface area contributed by atoms with Gasteiger partial charge in [-0.1, -0.05) is 6.07 Å². The Bertz CT molecular complexity index is 821. The van der Waals surface area contributed by atoms with Crippen molar-refractivity contribution in [2.45, 2.75) is 33.7 Å². The second-order valence-corrected chi connectivity index (χ2v) is 6.12. The Morgan fingerprint density at radius 3 is 2.64 bits per heavy atom. The number of ether oxygens (including phenoxy) is 1. The van der Waals surface area contributed by atoms with Gasteiger partial charge in [-0.3, -0.25) is 0 Å². The van der Waals surface area contributed by atoms with Crippen LogP contribution in [0.5, 0.6) is 0 Å². The largest absolute Gasteiger partial charge is 0.465 e. The average Bonchev–Trinajstić information content (AvgIpc) is 3.01. The van der Waals surface area contributed by atoms with Gasteiger partial charge in [0.05, 0.1) is 7.11 Å². The number of guanidine groups is 1. The van der Waals surface area contributed by atoms with Crippen molar-refractivity contribution in [2.24, 2.45) is 4.99 Å². The van der Waals surface area contributed by atoms with E-state index in [0.29, 0.717) is 42.7 Å². The minimum absolute atomic E-state index is 0. The van der Waals surface area contributed by atoms with Gasteiger partial charge in [-0.05, 0) is 56.5 Å². The van der Waals surface area contributed by atoms with Gasteiger partial charge < -0.3 is 19.8 Å². The number of furan rings is 1. The van der Waals surface area contributed by atoms with Crippen molar-refractivity contribution in [3.05, 3.63) is 58.3 Å². The molecular weight excluding hydrogens is 476 g/mol. The van der Waals surface area contributed by atoms with E-state index in [-0.39, 0.29) is 29.8 Å². The first-order chi connectivity index (χ1) is 12.9. The van der Waals surface area contributed by atoms with Crippen molar-refractivity contribution in [1.29, 1.82) is 0 Å². The molecule has 0 aliphatic rings. The second-order valence-electron chi connectivity index (χ2n) is 6.12. The lowest BCUT2D eigenvalue weighted by Crippen LogP contribution is -2.38. The highest BCUT2D eigenvalue weighted by molar-refractivity contribution is 14.0. The zero-order chi connectivity index (χ0) is 19.8. The number of aliphatic imine (C=N–C) groups is 1. The van der Waals surface area contributed by atoms with Crippen LogP contribution >= 0.6 is 24.0 Å². The molecule has 0 bridgehead atoms. The van der Waals surface area contributed by atoms with Crippen LogP contribution in [0.2, 0.25) is 0 Å². The zero-order valence-electron chi connectivity index (χ0n) is 16.6. The van der Waals surface area contributed by atoms with Crippen LogP contribution < -0.4 is 10.6 Å². The summed E-state index contributed by atoms with van der Waals surface area (Å²) in [6, 6.07) is 6.46. The van der Waals surface area contributed by atoms with Gasteiger partial charge in [0.15, 0.2) is 5.96 Å². The fraction of sp³-hybridized carbons (Fsp3) is 0.400. The zero-order valence-corrected chi connectivity index (χ0v) is 18.9. The fourth-order valence-electron chi connectivity index (χ4n) is 2.69. The minimum Gasteiger partial charge on any atom is -0.465 e. The molecule has 0 saturated carbocycles. The van der Waals surface area contributed by atoms with Crippen LogP contribution in [0.25, 0.3) is 0 Å². The molecule has 8 heteroatoms. The third-order valence-electron chi connectivity index (χ3n) is 4.10. The minimum atomic E-state index is -0.425. The first kappa shape index (κ1) is 23.9. The maximum absolute atomic E-state index is 13.2. The standard InChI is InChI=1S/C20H26FN3O3.HI/c1-5-22-20(23-9-8-15-6-7-16(21)10-13(15)2)24-12-17-11-18(14(3)27-17)19(25)26-4;/h6-7,10-11H,5,8-9,12H2,1-4H3,(H2,22,23,24);1H. The quantitative estimate of drug-likeness (QED) is 0.261. The number of nitrogens with one attached hydrogen (secondary N) is 2. The monoisotopic (exact) mass is 503 g/mol. The lowest BCUT2D eigenvalue weighted by molar-refractivity contribution is 0.0599. The first-order valence-electron chi connectivity index (χ1n) is 8.89. The van der Waals surface area contributed by atoms with E-state index in [1.54, 1.807) is 19.1 Å². The maximum atomic E-state index is 13.2. The van der Waals surface area contributed by atoms with Gasteiger partial charge in [-0.15, -0.1) is 24.0 Å². The van der Waals surface area contributed by atoms with Crippen LogP contribution in [0, 0.1) is 19.7 Å². The topological polar surface area (TPSA) is 75.9 Å². The molecule has 0 spiro atoms. The van der Waals surface area contributed by atoms with E-state index >= 15 is 0 Å². The number of methoxy groups -OCH3 is 1. The van der Waals surface area contributed by atoms with E-state index in [2.05, 4.69) is 15.6 Å². The number of benzene rings is 1. The molecular formula is C20H27FIN3O3. The normalized spacial score (nSPS) is 11.0. The second kappa shape index (κ2) is 11.7. The van der Waals surface area contributed by atoms with Crippen molar-refractivity contribution in [3.63, 3.8) is 0 Å². The molecule has 2 aromatic rings. The smallest absolute Gasteiger partial charge is 0.341 e. The molecule has 2 N–H and O–H groups in total. The Labute approximate surface area is 182 Å². The van der Waals surface area contributed by atoms with Gasteiger partial charge in [0.1, 0.15) is 29.4 Å². The van der Waals surface area contributed by atoms with Crippen LogP contribution in [-0.2, 0) is 17.7 Å². The summed E-state index contributed by atoms with van der Waals surface area (Å²) in [6.45, 7) is 7.26. The number of nitrogens with zero attached hydrogens (tertiary/aromatic N) is 1. The van der Waals surface area contributed by atoms with Gasteiger partial charge in [0.2, 0.25) is 0 Å². The van der Waals surface area contributed by atoms with Crippen LogP contribution in [-0.4, -0.2) is 32.1 Å². The average molecular weight is 503 g/mol. The van der Waals surface area contributed by atoms with Gasteiger partial charge in [-0.2, -0.15) is 0 Å². The summed E-state index contributed by atoms with van der Waals surface area (Å²) < 4.78 is 23.5. The molecule has 2 rings (SSSR count). The van der Waals surface area contributed by atoms with Gasteiger partial charge >= 0.3 is 5.97 Å². The van der Waals surface area contributed by atoms with Crippen LogP contribution in [0.15, 0.2) is 33.7 Å². The number of esters is 1. The highest BCUT2D eigenvalue weighted by atomic mass is 127. The molecule has 1 heterocycles. The summed E-state index contributed by atoms with van der Waals surface area (Å²) >= 11 is 0.